The molecule has 0 heterocycles. The Labute approximate surface area is 133 Å². The molecule has 0 fully saturated rings. The van der Waals surface area contributed by atoms with E-state index in [1.54, 1.807) is 20.9 Å². The van der Waals surface area contributed by atoms with Crippen LogP contribution in [0.2, 0.25) is 0 Å². The molecule has 2 amide bonds. The van der Waals surface area contributed by atoms with Gasteiger partial charge in [-0.15, -0.1) is 0 Å². The number of nitrogens with one attached hydrogen (secondary N) is 1. The first kappa shape index (κ1) is 18.3. The summed E-state index contributed by atoms with van der Waals surface area (Å²) in [6.45, 7) is 8.08. The molecule has 0 spiro atoms. The van der Waals surface area contributed by atoms with Crippen LogP contribution in [0.4, 0.5) is 4.79 Å². The summed E-state index contributed by atoms with van der Waals surface area (Å²) in [5.74, 6) is 0.811. The molecule has 0 saturated carbocycles. The van der Waals surface area contributed by atoms with Crippen LogP contribution in [0.1, 0.15) is 32.8 Å². The number of hydrogen-bond donors (Lipinski definition) is 2. The molecule has 5 nitrogen and oxygen atoms in total. The van der Waals surface area contributed by atoms with Crippen molar-refractivity contribution in [2.45, 2.75) is 45.8 Å². The van der Waals surface area contributed by atoms with Gasteiger partial charge in [-0.05, 0) is 44.9 Å². The van der Waals surface area contributed by atoms with Crippen LogP contribution in [0, 0.1) is 6.92 Å². The fraction of sp³-hybridized carbons (Fsp3) is 0.588. The van der Waals surface area contributed by atoms with E-state index >= 15 is 0 Å². The van der Waals surface area contributed by atoms with Gasteiger partial charge >= 0.3 is 6.03 Å². The van der Waals surface area contributed by atoms with Crippen molar-refractivity contribution in [3.63, 3.8) is 0 Å². The highest BCUT2D eigenvalue weighted by Gasteiger charge is 2.20. The number of ether oxygens (including phenoxy) is 1. The molecule has 124 valence electrons. The predicted octanol–water partition coefficient (Wildman–Crippen LogP) is 2.56. The highest BCUT2D eigenvalue weighted by Crippen LogP contribution is 2.15. The fourth-order valence-electron chi connectivity index (χ4n) is 2.14. The van der Waals surface area contributed by atoms with Crippen LogP contribution in [0.3, 0.4) is 0 Å². The van der Waals surface area contributed by atoms with E-state index in [0.29, 0.717) is 6.54 Å². The number of nitrogens with zero attached hydrogens (tertiary/aromatic N) is 1. The van der Waals surface area contributed by atoms with Crippen molar-refractivity contribution in [3.8, 4) is 5.75 Å². The standard InChI is InChI=1S/C17H28N2O3/c1-6-14(22-15-9-7-8-13(2)10-15)11-18-16(20)19(5)12-17(3,4)21/h7-10,14,21H,6,11-12H2,1-5H3,(H,18,20). The molecule has 1 atom stereocenters. The first-order valence-electron chi connectivity index (χ1n) is 7.66. The Balaban J connectivity index is 2.48. The van der Waals surface area contributed by atoms with Crippen LogP contribution in [0.25, 0.3) is 0 Å². The Bertz CT molecular complexity index is 483. The molecule has 2 N–H and O–H groups in total. The first-order valence-corrected chi connectivity index (χ1v) is 7.66. The van der Waals surface area contributed by atoms with Gasteiger partial charge in [0.25, 0.3) is 0 Å². The Morgan fingerprint density at radius 3 is 2.68 bits per heavy atom. The SMILES string of the molecule is CCC(CNC(=O)N(C)CC(C)(C)O)Oc1cccc(C)c1. The van der Waals surface area contributed by atoms with Crippen LogP contribution in [0.5, 0.6) is 5.75 Å². The monoisotopic (exact) mass is 308 g/mol. The van der Waals surface area contributed by atoms with E-state index in [1.807, 2.05) is 38.1 Å². The average Bonchev–Trinajstić information content (AvgIpc) is 2.41. The number of aryl methyl sites for hydroxylation is 1. The second-order valence-electron chi connectivity index (χ2n) is 6.32. The predicted molar refractivity (Wildman–Crippen MR) is 88.2 cm³/mol. The van der Waals surface area contributed by atoms with Crippen molar-refractivity contribution in [2.75, 3.05) is 20.1 Å². The molecule has 22 heavy (non-hydrogen) atoms. The van der Waals surface area contributed by atoms with E-state index in [0.717, 1.165) is 17.7 Å². The number of urea groups is 1. The summed E-state index contributed by atoms with van der Waals surface area (Å²) in [5.41, 5.74) is 0.232. The van der Waals surface area contributed by atoms with E-state index in [4.69, 9.17) is 4.74 Å². The smallest absolute Gasteiger partial charge is 0.317 e. The summed E-state index contributed by atoms with van der Waals surface area (Å²) in [7, 11) is 1.66. The molecular weight excluding hydrogens is 280 g/mol. The Morgan fingerprint density at radius 1 is 1.45 bits per heavy atom. The number of likely N-dealkylation sites (N-methyl/N-ethyl adjacent to an activating group) is 1. The van der Waals surface area contributed by atoms with Crippen LogP contribution >= 0.6 is 0 Å². The summed E-state index contributed by atoms with van der Waals surface area (Å²) >= 11 is 0. The number of hydrogen-bond acceptors (Lipinski definition) is 3. The minimum absolute atomic E-state index is 0.0821. The molecular formula is C17H28N2O3. The third-order valence-corrected chi connectivity index (χ3v) is 3.20. The van der Waals surface area contributed by atoms with E-state index < -0.39 is 5.60 Å². The molecule has 0 bridgehead atoms. The Hall–Kier alpha value is -1.75. The van der Waals surface area contributed by atoms with Gasteiger partial charge in [-0.3, -0.25) is 0 Å². The number of rotatable bonds is 7. The highest BCUT2D eigenvalue weighted by atomic mass is 16.5. The third kappa shape index (κ3) is 6.80. The van der Waals surface area contributed by atoms with Crippen LogP contribution in [0.15, 0.2) is 24.3 Å². The minimum atomic E-state index is -0.908. The topological polar surface area (TPSA) is 61.8 Å². The zero-order chi connectivity index (χ0) is 16.8. The summed E-state index contributed by atoms with van der Waals surface area (Å²) < 4.78 is 5.89. The maximum atomic E-state index is 12.0. The van der Waals surface area contributed by atoms with Gasteiger partial charge in [-0.2, -0.15) is 0 Å². The van der Waals surface area contributed by atoms with E-state index in [-0.39, 0.29) is 18.7 Å². The molecule has 1 rings (SSSR count). The van der Waals surface area contributed by atoms with Crippen LogP contribution in [-0.4, -0.2) is 47.9 Å². The van der Waals surface area contributed by atoms with Crippen molar-refractivity contribution in [1.82, 2.24) is 10.2 Å². The summed E-state index contributed by atoms with van der Waals surface area (Å²) in [6.07, 6.45) is 0.713. The van der Waals surface area contributed by atoms with Gasteiger partial charge in [0, 0.05) is 7.05 Å². The quantitative estimate of drug-likeness (QED) is 0.814. The number of amides is 2. The van der Waals surface area contributed by atoms with E-state index in [9.17, 15) is 9.90 Å². The first-order chi connectivity index (χ1) is 10.2. The molecule has 1 unspecified atom stereocenters. The minimum Gasteiger partial charge on any atom is -0.489 e. The molecule has 0 aliphatic carbocycles. The molecule has 0 radical (unpaired) electrons. The largest absolute Gasteiger partial charge is 0.489 e. The molecule has 1 aromatic rings. The lowest BCUT2D eigenvalue weighted by Crippen LogP contribution is -2.46. The van der Waals surface area contributed by atoms with E-state index in [2.05, 4.69) is 5.32 Å². The lowest BCUT2D eigenvalue weighted by atomic mass is 10.1. The van der Waals surface area contributed by atoms with Gasteiger partial charge in [0.05, 0.1) is 18.7 Å². The van der Waals surface area contributed by atoms with Crippen molar-refractivity contribution in [2.24, 2.45) is 0 Å². The van der Waals surface area contributed by atoms with Crippen LogP contribution in [-0.2, 0) is 0 Å². The lowest BCUT2D eigenvalue weighted by molar-refractivity contribution is 0.0527. The summed E-state index contributed by atoms with van der Waals surface area (Å²) in [4.78, 5) is 13.5. The number of carbonyl (C=O) groups is 1. The second kappa shape index (κ2) is 8.03. The third-order valence-electron chi connectivity index (χ3n) is 3.20. The van der Waals surface area contributed by atoms with Gasteiger partial charge in [-0.1, -0.05) is 19.1 Å². The van der Waals surface area contributed by atoms with Gasteiger partial charge in [0.2, 0.25) is 0 Å². The molecule has 5 heteroatoms. The molecule has 0 aliphatic rings. The molecule has 0 saturated heterocycles. The molecule has 0 aliphatic heterocycles. The van der Waals surface area contributed by atoms with E-state index in [1.165, 1.54) is 4.90 Å². The lowest BCUT2D eigenvalue weighted by Gasteiger charge is -2.26. The zero-order valence-corrected chi connectivity index (χ0v) is 14.2. The summed E-state index contributed by atoms with van der Waals surface area (Å²) in [6, 6.07) is 7.64. The zero-order valence-electron chi connectivity index (χ0n) is 14.2. The maximum absolute atomic E-state index is 12.0. The maximum Gasteiger partial charge on any atom is 0.317 e. The van der Waals surface area contributed by atoms with Crippen molar-refractivity contribution in [3.05, 3.63) is 29.8 Å². The van der Waals surface area contributed by atoms with Crippen molar-refractivity contribution < 1.29 is 14.6 Å². The molecule has 0 aromatic heterocycles. The van der Waals surface area contributed by atoms with Crippen LogP contribution < -0.4 is 10.1 Å². The number of aliphatic hydroxyl groups is 1. The Kier molecular flexibility index (Phi) is 6.68. The van der Waals surface area contributed by atoms with Gasteiger partial charge in [-0.25, -0.2) is 4.79 Å². The second-order valence-corrected chi connectivity index (χ2v) is 6.32. The van der Waals surface area contributed by atoms with Gasteiger partial charge in [0.15, 0.2) is 0 Å². The summed E-state index contributed by atoms with van der Waals surface area (Å²) in [5, 5.41) is 12.6. The normalized spacial score (nSPS) is 12.6. The average molecular weight is 308 g/mol. The van der Waals surface area contributed by atoms with Gasteiger partial charge < -0.3 is 20.1 Å². The Morgan fingerprint density at radius 2 is 2.14 bits per heavy atom. The fourth-order valence-corrected chi connectivity index (χ4v) is 2.14. The number of benzene rings is 1. The molecule has 1 aromatic carbocycles. The van der Waals surface area contributed by atoms with Crippen molar-refractivity contribution in [1.29, 1.82) is 0 Å². The van der Waals surface area contributed by atoms with Crippen molar-refractivity contribution >= 4 is 6.03 Å². The van der Waals surface area contributed by atoms with Gasteiger partial charge in [0.1, 0.15) is 11.9 Å². The number of carbonyl (C=O) groups excluding carboxylic acids is 1. The highest BCUT2D eigenvalue weighted by molar-refractivity contribution is 5.73.